The molecule has 0 saturated carbocycles. The number of aromatic hydroxyl groups is 1. The van der Waals surface area contributed by atoms with Crippen molar-refractivity contribution in [2.24, 2.45) is 0 Å². The zero-order chi connectivity index (χ0) is 15.2. The lowest BCUT2D eigenvalue weighted by Gasteiger charge is -2.27. The second kappa shape index (κ2) is 7.59. The van der Waals surface area contributed by atoms with Crippen molar-refractivity contribution >= 4 is 22.5 Å². The van der Waals surface area contributed by atoms with Crippen molar-refractivity contribution in [1.29, 1.82) is 0 Å². The van der Waals surface area contributed by atoms with Crippen LogP contribution in [0.2, 0.25) is 5.02 Å². The Morgan fingerprint density at radius 2 is 2.05 bits per heavy atom. The van der Waals surface area contributed by atoms with Crippen LogP contribution in [0.5, 0.6) is 5.75 Å². The van der Waals surface area contributed by atoms with Gasteiger partial charge >= 0.3 is 0 Å². The molecule has 1 aromatic heterocycles. The van der Waals surface area contributed by atoms with Crippen LogP contribution >= 0.6 is 11.6 Å². The molecular weight excluding hydrogens is 288 g/mol. The summed E-state index contributed by atoms with van der Waals surface area (Å²) in [5.41, 5.74) is 1.66. The van der Waals surface area contributed by atoms with E-state index in [1.807, 2.05) is 32.0 Å². The zero-order valence-corrected chi connectivity index (χ0v) is 13.2. The fourth-order valence-corrected chi connectivity index (χ4v) is 2.62. The molecule has 5 heteroatoms. The van der Waals surface area contributed by atoms with Gasteiger partial charge in [-0.2, -0.15) is 0 Å². The number of hydrogen-bond donors (Lipinski definition) is 1. The number of pyridine rings is 1. The Bertz CT molecular complexity index is 598. The van der Waals surface area contributed by atoms with E-state index in [0.29, 0.717) is 10.5 Å². The average Bonchev–Trinajstić information content (AvgIpc) is 2.55. The van der Waals surface area contributed by atoms with E-state index in [4.69, 9.17) is 16.3 Å². The quantitative estimate of drug-likeness (QED) is 0.923. The maximum Gasteiger partial charge on any atom is 0.160 e. The molecule has 0 amide bonds. The summed E-state index contributed by atoms with van der Waals surface area (Å²) >= 11 is 6.08. The van der Waals surface area contributed by atoms with Crippen LogP contribution in [0, 0.1) is 0 Å². The first kappa shape index (κ1) is 16.0. The molecule has 114 valence electrons. The van der Waals surface area contributed by atoms with Gasteiger partial charge in [-0.15, -0.1) is 0 Å². The Kier molecular flexibility index (Phi) is 5.79. The van der Waals surface area contributed by atoms with Crippen LogP contribution in [0.25, 0.3) is 10.9 Å². The summed E-state index contributed by atoms with van der Waals surface area (Å²) in [7, 11) is 0. The number of rotatable bonds is 2. The number of phenolic OH excluding ortho intramolecular Hbond substituents is 1. The van der Waals surface area contributed by atoms with Crippen LogP contribution in [0.3, 0.4) is 0 Å². The minimum atomic E-state index is 0.0583. The van der Waals surface area contributed by atoms with Crippen LogP contribution in [0.4, 0.5) is 0 Å². The second-order valence-corrected chi connectivity index (χ2v) is 5.06. The molecule has 21 heavy (non-hydrogen) atoms. The summed E-state index contributed by atoms with van der Waals surface area (Å²) in [5, 5.41) is 11.3. The predicted molar refractivity (Wildman–Crippen MR) is 85.9 cm³/mol. The van der Waals surface area contributed by atoms with Crippen LogP contribution < -0.4 is 0 Å². The van der Waals surface area contributed by atoms with E-state index in [0.717, 1.165) is 43.8 Å². The topological polar surface area (TPSA) is 45.6 Å². The number of benzene rings is 1. The Balaban J connectivity index is 0.000000774. The molecule has 0 atom stereocenters. The number of aromatic nitrogens is 1. The van der Waals surface area contributed by atoms with Gasteiger partial charge in [0.15, 0.2) is 5.75 Å². The molecule has 3 rings (SSSR count). The zero-order valence-electron chi connectivity index (χ0n) is 12.5. The Hall–Kier alpha value is -1.36. The summed E-state index contributed by atoms with van der Waals surface area (Å²) < 4.78 is 5.35. The van der Waals surface area contributed by atoms with Gasteiger partial charge in [-0.3, -0.25) is 9.88 Å². The fraction of sp³-hybridized carbons (Fsp3) is 0.438. The van der Waals surface area contributed by atoms with E-state index in [1.54, 1.807) is 6.20 Å². The molecule has 0 spiro atoms. The fourth-order valence-electron chi connectivity index (χ4n) is 2.40. The predicted octanol–water partition coefficient (Wildman–Crippen LogP) is 3.45. The lowest BCUT2D eigenvalue weighted by atomic mass is 10.1. The molecule has 1 N–H and O–H groups in total. The third-order valence-electron chi connectivity index (χ3n) is 3.40. The lowest BCUT2D eigenvalue weighted by molar-refractivity contribution is 0.0343. The van der Waals surface area contributed by atoms with Crippen molar-refractivity contribution in [3.8, 4) is 5.75 Å². The van der Waals surface area contributed by atoms with Crippen molar-refractivity contribution in [3.63, 3.8) is 0 Å². The highest BCUT2D eigenvalue weighted by molar-refractivity contribution is 6.33. The first-order valence-corrected chi connectivity index (χ1v) is 7.68. The van der Waals surface area contributed by atoms with Gasteiger partial charge in [0.05, 0.1) is 18.2 Å². The number of hydrogen-bond acceptors (Lipinski definition) is 4. The number of nitrogens with zero attached hydrogens (tertiary/aromatic N) is 2. The van der Waals surface area contributed by atoms with Gasteiger partial charge in [-0.1, -0.05) is 31.5 Å². The van der Waals surface area contributed by atoms with Gasteiger partial charge in [0, 0.05) is 31.2 Å². The molecule has 1 saturated heterocycles. The Morgan fingerprint density at radius 3 is 2.76 bits per heavy atom. The molecule has 0 unspecified atom stereocenters. The smallest absolute Gasteiger partial charge is 0.160 e. The number of ether oxygens (including phenoxy) is 1. The summed E-state index contributed by atoms with van der Waals surface area (Å²) in [6, 6.07) is 5.67. The number of halogens is 1. The molecule has 2 aromatic rings. The summed E-state index contributed by atoms with van der Waals surface area (Å²) in [5.74, 6) is 0.0583. The van der Waals surface area contributed by atoms with Gasteiger partial charge in [-0.25, -0.2) is 0 Å². The molecule has 0 bridgehead atoms. The van der Waals surface area contributed by atoms with Gasteiger partial charge in [-0.05, 0) is 17.7 Å². The van der Waals surface area contributed by atoms with Crippen molar-refractivity contribution < 1.29 is 9.84 Å². The SMILES string of the molecule is CC.Oc1c(Cl)cc(CN2CCOCC2)c2cccnc12. The lowest BCUT2D eigenvalue weighted by Crippen LogP contribution is -2.35. The summed E-state index contributed by atoms with van der Waals surface area (Å²) in [6.07, 6.45) is 1.66. The number of morpholine rings is 1. The van der Waals surface area contributed by atoms with E-state index >= 15 is 0 Å². The molecule has 2 heterocycles. The maximum absolute atomic E-state index is 9.96. The molecule has 4 nitrogen and oxygen atoms in total. The van der Waals surface area contributed by atoms with E-state index in [2.05, 4.69) is 9.88 Å². The van der Waals surface area contributed by atoms with Crippen LogP contribution in [-0.2, 0) is 11.3 Å². The van der Waals surface area contributed by atoms with Crippen LogP contribution in [0.15, 0.2) is 24.4 Å². The van der Waals surface area contributed by atoms with E-state index in [1.165, 1.54) is 0 Å². The van der Waals surface area contributed by atoms with Gasteiger partial charge < -0.3 is 9.84 Å². The standard InChI is InChI=1S/C14H15ClN2O2.C2H6/c15-12-8-10(9-17-4-6-19-7-5-17)11-2-1-3-16-13(11)14(12)18;1-2/h1-3,8,18H,4-7,9H2;1-2H3. The van der Waals surface area contributed by atoms with E-state index in [-0.39, 0.29) is 5.75 Å². The molecule has 1 aliphatic rings. The largest absolute Gasteiger partial charge is 0.504 e. The molecular formula is C16H21ClN2O2. The highest BCUT2D eigenvalue weighted by Crippen LogP contribution is 2.33. The molecule has 1 aliphatic heterocycles. The second-order valence-electron chi connectivity index (χ2n) is 4.65. The van der Waals surface area contributed by atoms with Gasteiger partial charge in [0.1, 0.15) is 5.52 Å². The van der Waals surface area contributed by atoms with Crippen molar-refractivity contribution in [2.45, 2.75) is 20.4 Å². The highest BCUT2D eigenvalue weighted by Gasteiger charge is 2.15. The van der Waals surface area contributed by atoms with E-state index in [9.17, 15) is 5.11 Å². The van der Waals surface area contributed by atoms with Crippen LogP contribution in [0.1, 0.15) is 19.4 Å². The highest BCUT2D eigenvalue weighted by atomic mass is 35.5. The third kappa shape index (κ3) is 3.64. The van der Waals surface area contributed by atoms with Crippen molar-refractivity contribution in [3.05, 3.63) is 35.0 Å². The van der Waals surface area contributed by atoms with E-state index < -0.39 is 0 Å². The minimum Gasteiger partial charge on any atom is -0.504 e. The van der Waals surface area contributed by atoms with Crippen LogP contribution in [-0.4, -0.2) is 41.3 Å². The third-order valence-corrected chi connectivity index (χ3v) is 3.69. The molecule has 0 aliphatic carbocycles. The molecule has 1 aromatic carbocycles. The first-order chi connectivity index (χ1) is 10.3. The van der Waals surface area contributed by atoms with Crippen molar-refractivity contribution in [1.82, 2.24) is 9.88 Å². The maximum atomic E-state index is 9.96. The number of fused-ring (bicyclic) bond motifs is 1. The Labute approximate surface area is 130 Å². The van der Waals surface area contributed by atoms with Crippen molar-refractivity contribution in [2.75, 3.05) is 26.3 Å². The first-order valence-electron chi connectivity index (χ1n) is 7.31. The molecule has 0 radical (unpaired) electrons. The van der Waals surface area contributed by atoms with Gasteiger partial charge in [0.25, 0.3) is 0 Å². The number of phenols is 1. The monoisotopic (exact) mass is 308 g/mol. The minimum absolute atomic E-state index is 0.0583. The summed E-state index contributed by atoms with van der Waals surface area (Å²) in [6.45, 7) is 8.16. The summed E-state index contributed by atoms with van der Waals surface area (Å²) in [4.78, 5) is 6.54. The normalized spacial score (nSPS) is 15.6. The Morgan fingerprint density at radius 1 is 1.33 bits per heavy atom. The molecule has 1 fully saturated rings. The van der Waals surface area contributed by atoms with Gasteiger partial charge in [0.2, 0.25) is 0 Å². The average molecular weight is 309 g/mol.